The molecular formula is C23H28N6O. The van der Waals surface area contributed by atoms with E-state index in [1.807, 2.05) is 38.4 Å². The van der Waals surface area contributed by atoms with Crippen molar-refractivity contribution in [3.05, 3.63) is 53.1 Å². The molecule has 0 atom stereocenters. The number of piperidine rings is 1. The van der Waals surface area contributed by atoms with Crippen molar-refractivity contribution in [2.24, 2.45) is 7.05 Å². The SMILES string of the molecule is Cc1nn(C)c2nc(C3CC3)cc(C(=O)NC3CCN(Cc4ccccn4)CC3)c12. The predicted molar refractivity (Wildman–Crippen MR) is 115 cm³/mol. The van der Waals surface area contributed by atoms with Crippen molar-refractivity contribution >= 4 is 16.9 Å². The second-order valence-corrected chi connectivity index (χ2v) is 8.62. The zero-order chi connectivity index (χ0) is 20.7. The maximum atomic E-state index is 13.3. The number of aryl methyl sites for hydroxylation is 2. The maximum Gasteiger partial charge on any atom is 0.252 e. The van der Waals surface area contributed by atoms with Crippen molar-refractivity contribution in [1.82, 2.24) is 30.0 Å². The van der Waals surface area contributed by atoms with Crippen molar-refractivity contribution in [3.8, 4) is 0 Å². The number of aromatic nitrogens is 4. The third-order valence-electron chi connectivity index (χ3n) is 6.26. The van der Waals surface area contributed by atoms with Gasteiger partial charge in [-0.2, -0.15) is 5.10 Å². The summed E-state index contributed by atoms with van der Waals surface area (Å²) in [6.45, 7) is 4.75. The van der Waals surface area contributed by atoms with Crippen LogP contribution in [0.25, 0.3) is 11.0 Å². The van der Waals surface area contributed by atoms with Gasteiger partial charge in [-0.1, -0.05) is 6.07 Å². The van der Waals surface area contributed by atoms with Crippen LogP contribution < -0.4 is 5.32 Å². The first kappa shape index (κ1) is 19.2. The number of hydrogen-bond acceptors (Lipinski definition) is 5. The molecule has 7 heteroatoms. The Balaban J connectivity index is 1.29. The van der Waals surface area contributed by atoms with Crippen LogP contribution in [0.5, 0.6) is 0 Å². The van der Waals surface area contributed by atoms with Crippen LogP contribution in [0.2, 0.25) is 0 Å². The van der Waals surface area contributed by atoms with E-state index < -0.39 is 0 Å². The van der Waals surface area contributed by atoms with E-state index in [4.69, 9.17) is 4.98 Å². The first-order chi connectivity index (χ1) is 14.6. The Kier molecular flexibility index (Phi) is 4.98. The molecule has 3 aromatic rings. The van der Waals surface area contributed by atoms with Crippen molar-refractivity contribution in [2.75, 3.05) is 13.1 Å². The lowest BCUT2D eigenvalue weighted by Gasteiger charge is -2.32. The molecule has 4 heterocycles. The van der Waals surface area contributed by atoms with E-state index in [0.717, 1.165) is 79.0 Å². The highest BCUT2D eigenvalue weighted by Crippen LogP contribution is 2.40. The van der Waals surface area contributed by atoms with Gasteiger partial charge >= 0.3 is 0 Å². The van der Waals surface area contributed by atoms with Gasteiger partial charge in [0.25, 0.3) is 5.91 Å². The minimum Gasteiger partial charge on any atom is -0.349 e. The van der Waals surface area contributed by atoms with Crippen molar-refractivity contribution < 1.29 is 4.79 Å². The summed E-state index contributed by atoms with van der Waals surface area (Å²) in [5.41, 5.74) is 4.52. The second kappa shape index (κ2) is 7.80. The summed E-state index contributed by atoms with van der Waals surface area (Å²) in [7, 11) is 1.90. The molecule has 0 aromatic carbocycles. The zero-order valence-electron chi connectivity index (χ0n) is 17.6. The summed E-state index contributed by atoms with van der Waals surface area (Å²) in [5, 5.41) is 8.68. The number of amides is 1. The van der Waals surface area contributed by atoms with E-state index in [2.05, 4.69) is 26.4 Å². The number of fused-ring (bicyclic) bond motifs is 1. The van der Waals surface area contributed by atoms with Crippen molar-refractivity contribution in [3.63, 3.8) is 0 Å². The van der Waals surface area contributed by atoms with Crippen molar-refractivity contribution in [2.45, 2.75) is 51.1 Å². The monoisotopic (exact) mass is 404 g/mol. The van der Waals surface area contributed by atoms with E-state index in [0.29, 0.717) is 5.92 Å². The molecule has 1 aliphatic carbocycles. The quantitative estimate of drug-likeness (QED) is 0.708. The second-order valence-electron chi connectivity index (χ2n) is 8.62. The Morgan fingerprint density at radius 3 is 2.70 bits per heavy atom. The summed E-state index contributed by atoms with van der Waals surface area (Å²) in [6, 6.07) is 8.24. The van der Waals surface area contributed by atoms with E-state index in [1.165, 1.54) is 0 Å². The van der Waals surface area contributed by atoms with Crippen LogP contribution >= 0.6 is 0 Å². The summed E-state index contributed by atoms with van der Waals surface area (Å²) in [6.07, 6.45) is 6.06. The topological polar surface area (TPSA) is 75.9 Å². The van der Waals surface area contributed by atoms with Gasteiger partial charge in [0.1, 0.15) is 0 Å². The molecule has 7 nitrogen and oxygen atoms in total. The van der Waals surface area contributed by atoms with Crippen LogP contribution in [-0.4, -0.2) is 49.7 Å². The average molecular weight is 405 g/mol. The number of pyridine rings is 2. The molecule has 1 saturated heterocycles. The van der Waals surface area contributed by atoms with Crippen LogP contribution in [-0.2, 0) is 13.6 Å². The third kappa shape index (κ3) is 3.81. The third-order valence-corrected chi connectivity index (χ3v) is 6.26. The molecule has 1 N–H and O–H groups in total. The number of nitrogens with one attached hydrogen (secondary N) is 1. The summed E-state index contributed by atoms with van der Waals surface area (Å²) >= 11 is 0. The fourth-order valence-corrected chi connectivity index (χ4v) is 4.45. The number of rotatable bonds is 5. The van der Waals surface area contributed by atoms with Gasteiger partial charge in [0.2, 0.25) is 0 Å². The lowest BCUT2D eigenvalue weighted by atomic mass is 10.0. The first-order valence-corrected chi connectivity index (χ1v) is 10.9. The molecule has 0 bridgehead atoms. The van der Waals surface area contributed by atoms with E-state index in [9.17, 15) is 4.79 Å². The standard InChI is InChI=1S/C23H28N6O/c1-15-21-19(13-20(16-6-7-16)26-22(21)28(2)27-15)23(30)25-17-8-11-29(12-9-17)14-18-5-3-4-10-24-18/h3-5,10,13,16-17H,6-9,11-12,14H2,1-2H3,(H,25,30). The molecule has 156 valence electrons. The maximum absolute atomic E-state index is 13.3. The van der Waals surface area contributed by atoms with Crippen LogP contribution in [0.3, 0.4) is 0 Å². The Hall–Kier alpha value is -2.80. The molecule has 0 unspecified atom stereocenters. The molecule has 1 amide bonds. The summed E-state index contributed by atoms with van der Waals surface area (Å²) < 4.78 is 1.80. The highest BCUT2D eigenvalue weighted by molar-refractivity contribution is 6.06. The molecule has 5 rings (SSSR count). The molecular weight excluding hydrogens is 376 g/mol. The minimum atomic E-state index is 0.00331. The molecule has 1 aliphatic heterocycles. The van der Waals surface area contributed by atoms with Gasteiger partial charge in [0, 0.05) is 50.5 Å². The lowest BCUT2D eigenvalue weighted by Crippen LogP contribution is -2.44. The van der Waals surface area contributed by atoms with Gasteiger partial charge in [0.15, 0.2) is 5.65 Å². The fraction of sp³-hybridized carbons (Fsp3) is 0.478. The first-order valence-electron chi connectivity index (χ1n) is 10.9. The largest absolute Gasteiger partial charge is 0.349 e. The molecule has 3 aromatic heterocycles. The van der Waals surface area contributed by atoms with Gasteiger partial charge in [-0.15, -0.1) is 0 Å². The molecule has 0 radical (unpaired) electrons. The molecule has 2 aliphatic rings. The predicted octanol–water partition coefficient (Wildman–Crippen LogP) is 2.94. The number of carbonyl (C=O) groups is 1. The van der Waals surface area contributed by atoms with E-state index in [-0.39, 0.29) is 11.9 Å². The average Bonchev–Trinajstić information content (AvgIpc) is 3.56. The Labute approximate surface area is 176 Å². The molecule has 0 spiro atoms. The zero-order valence-corrected chi connectivity index (χ0v) is 17.6. The highest BCUT2D eigenvalue weighted by atomic mass is 16.1. The number of nitrogens with zero attached hydrogens (tertiary/aromatic N) is 5. The van der Waals surface area contributed by atoms with Crippen molar-refractivity contribution in [1.29, 1.82) is 0 Å². The highest BCUT2D eigenvalue weighted by Gasteiger charge is 2.29. The molecule has 1 saturated carbocycles. The summed E-state index contributed by atoms with van der Waals surface area (Å²) in [4.78, 5) is 24.9. The Bertz CT molecular complexity index is 1060. The van der Waals surface area contributed by atoms with Gasteiger partial charge in [0.05, 0.1) is 22.3 Å². The smallest absolute Gasteiger partial charge is 0.252 e. The van der Waals surface area contributed by atoms with Gasteiger partial charge in [-0.25, -0.2) is 4.98 Å². The van der Waals surface area contributed by atoms with Gasteiger partial charge in [-0.05, 0) is 50.8 Å². The number of hydrogen-bond donors (Lipinski definition) is 1. The van der Waals surface area contributed by atoms with Gasteiger partial charge in [-0.3, -0.25) is 19.4 Å². The Morgan fingerprint density at radius 2 is 2.00 bits per heavy atom. The minimum absolute atomic E-state index is 0.00331. The van der Waals surface area contributed by atoms with Crippen LogP contribution in [0.4, 0.5) is 0 Å². The van der Waals surface area contributed by atoms with Gasteiger partial charge < -0.3 is 5.32 Å². The molecule has 30 heavy (non-hydrogen) atoms. The molecule has 2 fully saturated rings. The fourth-order valence-electron chi connectivity index (χ4n) is 4.45. The number of likely N-dealkylation sites (tertiary alicyclic amines) is 1. The van der Waals surface area contributed by atoms with Crippen LogP contribution in [0.15, 0.2) is 30.5 Å². The van der Waals surface area contributed by atoms with E-state index in [1.54, 1.807) is 4.68 Å². The lowest BCUT2D eigenvalue weighted by molar-refractivity contribution is 0.0910. The Morgan fingerprint density at radius 1 is 1.20 bits per heavy atom. The van der Waals surface area contributed by atoms with Crippen LogP contribution in [0.1, 0.15) is 59.0 Å². The number of carbonyl (C=O) groups excluding carboxylic acids is 1. The van der Waals surface area contributed by atoms with Crippen LogP contribution in [0, 0.1) is 6.92 Å². The normalized spacial score (nSPS) is 18.1. The summed E-state index contributed by atoms with van der Waals surface area (Å²) in [5.74, 6) is 0.495. The van der Waals surface area contributed by atoms with E-state index >= 15 is 0 Å².